The van der Waals surface area contributed by atoms with E-state index >= 15 is 0 Å². The fraction of sp³-hybridized carbons (Fsp3) is 0.190. The predicted octanol–water partition coefficient (Wildman–Crippen LogP) is 4.34. The van der Waals surface area contributed by atoms with Crippen LogP contribution in [0, 0.1) is 0 Å². The van der Waals surface area contributed by atoms with E-state index in [9.17, 15) is 9.59 Å². The largest absolute Gasteiger partial charge is 0.490 e. The van der Waals surface area contributed by atoms with Crippen LogP contribution in [0.15, 0.2) is 46.4 Å². The van der Waals surface area contributed by atoms with Crippen molar-refractivity contribution in [2.24, 2.45) is 0 Å². The minimum absolute atomic E-state index is 0.0480. The summed E-state index contributed by atoms with van der Waals surface area (Å²) in [7, 11) is 1.50. The first-order valence-electron chi connectivity index (χ1n) is 8.98. The number of hydrogen-bond donors (Lipinski definition) is 1. The highest BCUT2D eigenvalue weighted by molar-refractivity contribution is 9.10. The van der Waals surface area contributed by atoms with Gasteiger partial charge < -0.3 is 9.47 Å². The summed E-state index contributed by atoms with van der Waals surface area (Å²) in [4.78, 5) is 25.8. The molecule has 0 aliphatic carbocycles. The Labute approximate surface area is 192 Å². The smallest absolute Gasteiger partial charge is 0.265 e. The number of carbonyl (C=O) groups excluding carboxylic acids is 2. The van der Waals surface area contributed by atoms with Crippen molar-refractivity contribution in [3.63, 3.8) is 0 Å². The second-order valence-electron chi connectivity index (χ2n) is 6.36. The molecule has 30 heavy (non-hydrogen) atoms. The zero-order valence-electron chi connectivity index (χ0n) is 16.2. The van der Waals surface area contributed by atoms with E-state index in [0.717, 1.165) is 10.0 Å². The molecule has 0 aromatic heterocycles. The van der Waals surface area contributed by atoms with E-state index in [1.165, 1.54) is 18.0 Å². The highest BCUT2D eigenvalue weighted by Crippen LogP contribution is 2.38. The number of thiocarbonyl (C=S) groups is 1. The third-order valence-corrected chi connectivity index (χ3v) is 5.43. The van der Waals surface area contributed by atoms with Gasteiger partial charge in [0.15, 0.2) is 16.6 Å². The molecule has 6 nitrogen and oxygen atoms in total. The van der Waals surface area contributed by atoms with Crippen molar-refractivity contribution in [3.8, 4) is 11.5 Å². The molecule has 1 saturated heterocycles. The van der Waals surface area contributed by atoms with Gasteiger partial charge in [0.25, 0.3) is 11.8 Å². The van der Waals surface area contributed by atoms with Gasteiger partial charge in [-0.2, -0.15) is 0 Å². The van der Waals surface area contributed by atoms with Gasteiger partial charge in [0.1, 0.15) is 12.2 Å². The first-order chi connectivity index (χ1) is 14.3. The molecule has 1 aliphatic rings. The third-order valence-electron chi connectivity index (χ3n) is 4.24. The number of halogens is 2. The lowest BCUT2D eigenvalue weighted by Crippen LogP contribution is -2.52. The van der Waals surface area contributed by atoms with Crippen LogP contribution in [0.25, 0.3) is 6.08 Å². The summed E-state index contributed by atoms with van der Waals surface area (Å²) >= 11 is 14.8. The molecule has 3 rings (SSSR count). The maximum absolute atomic E-state index is 12.4. The summed E-state index contributed by atoms with van der Waals surface area (Å²) in [6.07, 6.45) is 1.45. The zero-order chi connectivity index (χ0) is 21.8. The Morgan fingerprint density at radius 1 is 1.20 bits per heavy atom. The van der Waals surface area contributed by atoms with Crippen LogP contribution < -0.4 is 14.8 Å². The molecule has 2 aromatic carbocycles. The normalized spacial score (nSPS) is 15.4. The Morgan fingerprint density at radius 2 is 1.90 bits per heavy atom. The molecule has 2 amide bonds. The molecule has 0 saturated carbocycles. The van der Waals surface area contributed by atoms with Crippen LogP contribution in [0.3, 0.4) is 0 Å². The average Bonchev–Trinajstić information content (AvgIpc) is 2.70. The second kappa shape index (κ2) is 9.59. The number of ether oxygens (including phenoxy) is 2. The van der Waals surface area contributed by atoms with Crippen LogP contribution >= 0.6 is 39.7 Å². The minimum Gasteiger partial charge on any atom is -0.490 e. The van der Waals surface area contributed by atoms with Crippen molar-refractivity contribution in [1.82, 2.24) is 10.2 Å². The number of amides is 2. The molecule has 2 aromatic rings. The average molecular weight is 510 g/mol. The van der Waals surface area contributed by atoms with Gasteiger partial charge in [-0.25, -0.2) is 0 Å². The summed E-state index contributed by atoms with van der Waals surface area (Å²) in [5.74, 6) is -0.246. The van der Waals surface area contributed by atoms with E-state index in [1.807, 2.05) is 31.2 Å². The topological polar surface area (TPSA) is 67.9 Å². The highest BCUT2D eigenvalue weighted by atomic mass is 79.9. The van der Waals surface area contributed by atoms with Gasteiger partial charge >= 0.3 is 0 Å². The lowest BCUT2D eigenvalue weighted by atomic mass is 10.1. The van der Waals surface area contributed by atoms with Crippen LogP contribution in [0.2, 0.25) is 5.02 Å². The molecule has 0 spiro atoms. The maximum atomic E-state index is 12.4. The predicted molar refractivity (Wildman–Crippen MR) is 123 cm³/mol. The Morgan fingerprint density at radius 3 is 2.57 bits per heavy atom. The molecule has 1 aliphatic heterocycles. The van der Waals surface area contributed by atoms with Crippen molar-refractivity contribution >= 4 is 62.8 Å². The van der Waals surface area contributed by atoms with Crippen LogP contribution in [-0.2, 0) is 16.2 Å². The number of carbonyl (C=O) groups is 2. The number of nitrogens with zero attached hydrogens (tertiary/aromatic N) is 1. The fourth-order valence-electron chi connectivity index (χ4n) is 2.72. The van der Waals surface area contributed by atoms with Gasteiger partial charge in [-0.05, 0) is 60.6 Å². The summed E-state index contributed by atoms with van der Waals surface area (Å²) in [5.41, 5.74) is 1.44. The standard InChI is InChI=1S/C21H18BrClN2O4S/c1-3-28-17-10-13(8-15-19(26)24-21(30)25(2)20(15)27)9-16(23)18(17)29-11-12-4-6-14(22)7-5-12/h4-10H,3,11H2,1-2H3,(H,24,26,30)/b15-8+. The Balaban J connectivity index is 1.90. The second-order valence-corrected chi connectivity index (χ2v) is 8.07. The molecule has 1 heterocycles. The number of rotatable bonds is 6. The minimum atomic E-state index is -0.562. The number of nitrogens with one attached hydrogen (secondary N) is 1. The zero-order valence-corrected chi connectivity index (χ0v) is 19.4. The van der Waals surface area contributed by atoms with Gasteiger partial charge in [-0.3, -0.25) is 19.8 Å². The molecule has 0 unspecified atom stereocenters. The molecule has 9 heteroatoms. The van der Waals surface area contributed by atoms with E-state index in [4.69, 9.17) is 33.3 Å². The third kappa shape index (κ3) is 5.00. The monoisotopic (exact) mass is 508 g/mol. The molecule has 0 atom stereocenters. The first-order valence-corrected chi connectivity index (χ1v) is 10.6. The molecule has 156 valence electrons. The molecular formula is C21H18BrClN2O4S. The summed E-state index contributed by atoms with van der Waals surface area (Å²) in [5, 5.41) is 2.84. The SMILES string of the molecule is CCOc1cc(/C=C2\C(=O)NC(=S)N(C)C2=O)cc(Cl)c1OCc1ccc(Br)cc1. The fourth-order valence-corrected chi connectivity index (χ4v) is 3.44. The number of benzene rings is 2. The Hall–Kier alpha value is -2.42. The lowest BCUT2D eigenvalue weighted by Gasteiger charge is -2.25. The lowest BCUT2D eigenvalue weighted by molar-refractivity contribution is -0.128. The van der Waals surface area contributed by atoms with Crippen molar-refractivity contribution in [2.45, 2.75) is 13.5 Å². The van der Waals surface area contributed by atoms with E-state index in [1.54, 1.807) is 12.1 Å². The van der Waals surface area contributed by atoms with Crippen molar-refractivity contribution in [3.05, 3.63) is 62.6 Å². The molecule has 1 fully saturated rings. The van der Waals surface area contributed by atoms with Crippen LogP contribution in [0.4, 0.5) is 0 Å². The van der Waals surface area contributed by atoms with Gasteiger partial charge in [0, 0.05) is 11.5 Å². The quantitative estimate of drug-likeness (QED) is 0.357. The molecule has 0 radical (unpaired) electrons. The number of hydrogen-bond acceptors (Lipinski definition) is 5. The Bertz CT molecular complexity index is 1040. The number of likely N-dealkylation sites (N-methyl/N-ethyl adjacent to an activating group) is 1. The van der Waals surface area contributed by atoms with Crippen molar-refractivity contribution in [1.29, 1.82) is 0 Å². The molecular weight excluding hydrogens is 492 g/mol. The van der Waals surface area contributed by atoms with Crippen molar-refractivity contribution < 1.29 is 19.1 Å². The van der Waals surface area contributed by atoms with Crippen LogP contribution in [0.5, 0.6) is 11.5 Å². The summed E-state index contributed by atoms with van der Waals surface area (Å²) in [6.45, 7) is 2.53. The van der Waals surface area contributed by atoms with Gasteiger partial charge in [0.05, 0.1) is 11.6 Å². The van der Waals surface area contributed by atoms with Crippen LogP contribution in [0.1, 0.15) is 18.1 Å². The van der Waals surface area contributed by atoms with Gasteiger partial charge in [-0.15, -0.1) is 0 Å². The summed E-state index contributed by atoms with van der Waals surface area (Å²) in [6, 6.07) is 11.0. The van der Waals surface area contributed by atoms with Gasteiger partial charge in [-0.1, -0.05) is 39.7 Å². The van der Waals surface area contributed by atoms with E-state index in [2.05, 4.69) is 21.2 Å². The van der Waals surface area contributed by atoms with Gasteiger partial charge in [0.2, 0.25) is 0 Å². The van der Waals surface area contributed by atoms with E-state index < -0.39 is 11.8 Å². The maximum Gasteiger partial charge on any atom is 0.265 e. The van der Waals surface area contributed by atoms with E-state index in [0.29, 0.717) is 35.3 Å². The summed E-state index contributed by atoms with van der Waals surface area (Å²) < 4.78 is 12.6. The highest BCUT2D eigenvalue weighted by Gasteiger charge is 2.30. The first kappa shape index (κ1) is 22.3. The Kier molecular flexibility index (Phi) is 7.12. The van der Waals surface area contributed by atoms with E-state index in [-0.39, 0.29) is 10.7 Å². The van der Waals surface area contributed by atoms with Crippen molar-refractivity contribution in [2.75, 3.05) is 13.7 Å². The molecule has 0 bridgehead atoms. The van der Waals surface area contributed by atoms with Crippen LogP contribution in [-0.4, -0.2) is 35.5 Å². The molecule has 1 N–H and O–H groups in total.